The highest BCUT2D eigenvalue weighted by atomic mass is 35.5. The second-order valence-corrected chi connectivity index (χ2v) is 9.11. The van der Waals surface area contributed by atoms with Crippen LogP contribution in [0.25, 0.3) is 28.1 Å². The predicted molar refractivity (Wildman–Crippen MR) is 143 cm³/mol. The van der Waals surface area contributed by atoms with Crippen LogP contribution in [0.1, 0.15) is 24.9 Å². The van der Waals surface area contributed by atoms with E-state index in [1.165, 1.54) is 17.2 Å². The topological polar surface area (TPSA) is 90.8 Å². The van der Waals surface area contributed by atoms with Gasteiger partial charge in [-0.1, -0.05) is 24.3 Å². The number of nitrogens with zero attached hydrogens (tertiary/aromatic N) is 5. The van der Waals surface area contributed by atoms with E-state index in [0.29, 0.717) is 41.5 Å². The average Bonchev–Trinajstić information content (AvgIpc) is 3.44. The number of rotatable bonds is 7. The van der Waals surface area contributed by atoms with E-state index < -0.39 is 12.2 Å². The van der Waals surface area contributed by atoms with Gasteiger partial charge in [-0.05, 0) is 37.1 Å². The first kappa shape index (κ1) is 29.9. The van der Waals surface area contributed by atoms with Crippen LogP contribution >= 0.6 is 24.8 Å². The van der Waals surface area contributed by atoms with Crippen molar-refractivity contribution in [3.8, 4) is 17.3 Å². The van der Waals surface area contributed by atoms with Crippen molar-refractivity contribution in [3.05, 3.63) is 54.2 Å². The summed E-state index contributed by atoms with van der Waals surface area (Å²) in [7, 11) is 1.60. The Morgan fingerprint density at radius 3 is 2.58 bits per heavy atom. The zero-order chi connectivity index (χ0) is 25.4. The first-order chi connectivity index (χ1) is 17.2. The monoisotopic (exact) mass is 572 g/mol. The Hall–Kier alpha value is -2.70. The van der Waals surface area contributed by atoms with Crippen molar-refractivity contribution in [2.24, 2.45) is 5.73 Å². The Morgan fingerprint density at radius 2 is 1.89 bits per heavy atom. The Kier molecular flexibility index (Phi) is 9.43. The summed E-state index contributed by atoms with van der Waals surface area (Å²) in [5, 5.41) is 9.25. The molecule has 3 aromatic heterocycles. The molecule has 206 valence electrons. The largest absolute Gasteiger partial charge is 0.486 e. The summed E-state index contributed by atoms with van der Waals surface area (Å²) in [5.74, 6) is 0.920. The zero-order valence-corrected chi connectivity index (χ0v) is 22.4. The molecule has 1 aliphatic heterocycles. The highest BCUT2D eigenvalue weighted by Crippen LogP contribution is 2.39. The van der Waals surface area contributed by atoms with Gasteiger partial charge in [-0.2, -0.15) is 13.2 Å². The summed E-state index contributed by atoms with van der Waals surface area (Å²) in [4.78, 5) is 6.14. The number of hydrogen-bond donors (Lipinski definition) is 1. The number of likely N-dealkylation sites (tertiary alicyclic amines) is 1. The Labute approximate surface area is 230 Å². The summed E-state index contributed by atoms with van der Waals surface area (Å²) >= 11 is 0. The first-order valence-corrected chi connectivity index (χ1v) is 11.7. The van der Waals surface area contributed by atoms with Gasteiger partial charge in [-0.15, -0.1) is 35.0 Å². The molecule has 2 unspecified atom stereocenters. The number of benzene rings is 1. The molecule has 2 N–H and O–H groups in total. The van der Waals surface area contributed by atoms with Gasteiger partial charge in [0.05, 0.1) is 6.61 Å². The Morgan fingerprint density at radius 1 is 1.11 bits per heavy atom. The van der Waals surface area contributed by atoms with Crippen LogP contribution in [0.15, 0.2) is 48.7 Å². The number of methoxy groups -OCH3 is 1. The van der Waals surface area contributed by atoms with Crippen molar-refractivity contribution in [2.45, 2.75) is 37.7 Å². The average molecular weight is 573 g/mol. The van der Waals surface area contributed by atoms with E-state index in [4.69, 9.17) is 20.2 Å². The number of halogens is 5. The van der Waals surface area contributed by atoms with Gasteiger partial charge in [0.15, 0.2) is 11.5 Å². The highest BCUT2D eigenvalue weighted by Gasteiger charge is 2.46. The van der Waals surface area contributed by atoms with Crippen LogP contribution in [0, 0.1) is 0 Å². The molecule has 4 aromatic rings. The summed E-state index contributed by atoms with van der Waals surface area (Å²) in [5.41, 5.74) is 7.51. The predicted octanol–water partition coefficient (Wildman–Crippen LogP) is 4.84. The highest BCUT2D eigenvalue weighted by molar-refractivity contribution is 5.86. The summed E-state index contributed by atoms with van der Waals surface area (Å²) < 4.78 is 55.2. The summed E-state index contributed by atoms with van der Waals surface area (Å²) in [6.07, 6.45) is -2.68. The van der Waals surface area contributed by atoms with Crippen LogP contribution in [0.3, 0.4) is 0 Å². The molecule has 1 aliphatic rings. The molecule has 1 fully saturated rings. The van der Waals surface area contributed by atoms with Gasteiger partial charge < -0.3 is 15.2 Å². The smallest absolute Gasteiger partial charge is 0.408 e. The molecule has 0 bridgehead atoms. The second-order valence-electron chi connectivity index (χ2n) is 9.11. The maximum atomic E-state index is 14.2. The molecule has 0 saturated carbocycles. The molecular formula is C25H29Cl2F3N6O2. The summed E-state index contributed by atoms with van der Waals surface area (Å²) in [6.45, 7) is 2.78. The minimum Gasteiger partial charge on any atom is -0.486 e. The van der Waals surface area contributed by atoms with Crippen molar-refractivity contribution in [2.75, 3.05) is 26.8 Å². The molecule has 0 radical (unpaired) electrons. The van der Waals surface area contributed by atoms with Gasteiger partial charge in [-0.25, -0.2) is 4.98 Å². The van der Waals surface area contributed by atoms with Crippen molar-refractivity contribution in [1.82, 2.24) is 24.5 Å². The molecule has 0 aliphatic carbocycles. The number of aromatic nitrogens is 4. The molecule has 0 amide bonds. The third kappa shape index (κ3) is 5.97. The lowest BCUT2D eigenvalue weighted by Gasteiger charge is -2.30. The third-order valence-electron chi connectivity index (χ3n) is 6.31. The summed E-state index contributed by atoms with van der Waals surface area (Å²) in [6, 6.07) is 10.2. The molecule has 1 aromatic carbocycles. The van der Waals surface area contributed by atoms with E-state index in [2.05, 4.69) is 10.2 Å². The van der Waals surface area contributed by atoms with E-state index >= 15 is 0 Å². The minimum atomic E-state index is -4.46. The quantitative estimate of drug-likeness (QED) is 0.339. The van der Waals surface area contributed by atoms with E-state index in [1.54, 1.807) is 23.6 Å². The van der Waals surface area contributed by atoms with Crippen LogP contribution in [0.4, 0.5) is 13.2 Å². The number of nitrogens with two attached hydrogens (primary N) is 1. The number of hydrogen-bond acceptors (Lipinski definition) is 7. The van der Waals surface area contributed by atoms with Crippen LogP contribution in [0.5, 0.6) is 5.75 Å². The van der Waals surface area contributed by atoms with E-state index in [-0.39, 0.29) is 55.6 Å². The number of alkyl halides is 3. The van der Waals surface area contributed by atoms with E-state index in [9.17, 15) is 13.2 Å². The molecular weight excluding hydrogens is 544 g/mol. The normalized spacial score (nSPS) is 17.7. The van der Waals surface area contributed by atoms with Gasteiger partial charge >= 0.3 is 6.18 Å². The molecule has 13 heteroatoms. The number of fused-ring (bicyclic) bond motifs is 2. The van der Waals surface area contributed by atoms with Crippen LogP contribution < -0.4 is 10.5 Å². The standard InChI is InChI=1S/C25H27F3N6O2.2ClH/c1-15(14-35-2)36-20-5-3-4-16-6-8-19(30-22(16)20)24-32-31-21-9-7-17(12-34(21)24)23(25(26,27)28)33-11-10-18(29)13-33;;/h3-9,12,15,18,23H,10-11,13-14,29H2,1-2H3;2*1H/t15?,18?,23-;;/m1../s1. The zero-order valence-electron chi connectivity index (χ0n) is 20.8. The fraction of sp³-hybridized carbons (Fsp3) is 0.400. The molecule has 38 heavy (non-hydrogen) atoms. The third-order valence-corrected chi connectivity index (χ3v) is 6.31. The van der Waals surface area contributed by atoms with E-state index in [0.717, 1.165) is 5.39 Å². The van der Waals surface area contributed by atoms with Gasteiger partial charge in [-0.3, -0.25) is 9.30 Å². The fourth-order valence-electron chi connectivity index (χ4n) is 4.73. The van der Waals surface area contributed by atoms with E-state index in [1.807, 2.05) is 31.2 Å². The van der Waals surface area contributed by atoms with Crippen molar-refractivity contribution >= 4 is 41.4 Å². The molecule has 0 spiro atoms. The van der Waals surface area contributed by atoms with Crippen LogP contribution in [-0.4, -0.2) is 69.6 Å². The number of para-hydroxylation sites is 1. The van der Waals surface area contributed by atoms with Gasteiger partial charge in [0.25, 0.3) is 0 Å². The van der Waals surface area contributed by atoms with Gasteiger partial charge in [0.2, 0.25) is 0 Å². The Balaban J connectivity index is 0.00000200. The Bertz CT molecular complexity index is 1390. The van der Waals surface area contributed by atoms with Gasteiger partial charge in [0, 0.05) is 37.8 Å². The lowest BCUT2D eigenvalue weighted by molar-refractivity contribution is -0.183. The van der Waals surface area contributed by atoms with Crippen molar-refractivity contribution in [1.29, 1.82) is 0 Å². The molecule has 1 saturated heterocycles. The van der Waals surface area contributed by atoms with Crippen molar-refractivity contribution in [3.63, 3.8) is 0 Å². The van der Waals surface area contributed by atoms with Crippen molar-refractivity contribution < 1.29 is 22.6 Å². The number of ether oxygens (including phenoxy) is 2. The van der Waals surface area contributed by atoms with Gasteiger partial charge in [0.1, 0.15) is 29.1 Å². The SMILES string of the molecule is COCC(C)Oc1cccc2ccc(-c3nnc4ccc([C@@H](N5CCC(N)C5)C(F)(F)F)cn34)nc12.Cl.Cl. The molecule has 4 heterocycles. The fourth-order valence-corrected chi connectivity index (χ4v) is 4.73. The lowest BCUT2D eigenvalue weighted by atomic mass is 10.1. The first-order valence-electron chi connectivity index (χ1n) is 11.7. The molecule has 3 atom stereocenters. The van der Waals surface area contributed by atoms with Crippen LogP contribution in [-0.2, 0) is 4.74 Å². The second kappa shape index (κ2) is 12.0. The van der Waals surface area contributed by atoms with Crippen LogP contribution in [0.2, 0.25) is 0 Å². The lowest BCUT2D eigenvalue weighted by Crippen LogP contribution is -2.38. The maximum Gasteiger partial charge on any atom is 0.408 e. The molecule has 5 rings (SSSR count). The molecule has 8 nitrogen and oxygen atoms in total. The minimum absolute atomic E-state index is 0. The number of pyridine rings is 2. The maximum absolute atomic E-state index is 14.2.